The lowest BCUT2D eigenvalue weighted by Crippen LogP contribution is -2.51. The van der Waals surface area contributed by atoms with Gasteiger partial charge in [-0.05, 0) is 31.2 Å². The highest BCUT2D eigenvalue weighted by molar-refractivity contribution is 7.89. The molecule has 1 aliphatic rings. The SMILES string of the molecule is CCN1CCN(C(=O)CNS(=O)(=O)c2cccc(C)c2)CC1. The van der Waals surface area contributed by atoms with Gasteiger partial charge in [0.05, 0.1) is 11.4 Å². The van der Waals surface area contributed by atoms with Crippen molar-refractivity contribution >= 4 is 15.9 Å². The Morgan fingerprint density at radius 1 is 1.23 bits per heavy atom. The van der Waals surface area contributed by atoms with Crippen molar-refractivity contribution in [3.8, 4) is 0 Å². The predicted octanol–water partition coefficient (Wildman–Crippen LogP) is 0.437. The second kappa shape index (κ2) is 7.21. The van der Waals surface area contributed by atoms with Crippen molar-refractivity contribution < 1.29 is 13.2 Å². The molecule has 1 aromatic carbocycles. The first-order valence-corrected chi connectivity index (χ1v) is 8.97. The molecule has 1 amide bonds. The van der Waals surface area contributed by atoms with Gasteiger partial charge in [0.1, 0.15) is 0 Å². The lowest BCUT2D eigenvalue weighted by Gasteiger charge is -2.34. The molecule has 0 radical (unpaired) electrons. The number of sulfonamides is 1. The van der Waals surface area contributed by atoms with Crippen LogP contribution in [-0.4, -0.2) is 63.4 Å². The highest BCUT2D eigenvalue weighted by Gasteiger charge is 2.22. The maximum Gasteiger partial charge on any atom is 0.241 e. The zero-order chi connectivity index (χ0) is 16.2. The van der Waals surface area contributed by atoms with Crippen molar-refractivity contribution in [1.82, 2.24) is 14.5 Å². The van der Waals surface area contributed by atoms with Crippen molar-refractivity contribution in [2.24, 2.45) is 0 Å². The normalized spacial score (nSPS) is 16.7. The molecule has 1 saturated heterocycles. The van der Waals surface area contributed by atoms with Gasteiger partial charge < -0.3 is 9.80 Å². The number of nitrogens with one attached hydrogen (secondary N) is 1. The summed E-state index contributed by atoms with van der Waals surface area (Å²) in [5.74, 6) is -0.174. The molecule has 1 aromatic rings. The number of nitrogens with zero attached hydrogens (tertiary/aromatic N) is 2. The minimum Gasteiger partial charge on any atom is -0.339 e. The summed E-state index contributed by atoms with van der Waals surface area (Å²) < 4.78 is 26.8. The summed E-state index contributed by atoms with van der Waals surface area (Å²) in [6, 6.07) is 6.64. The fourth-order valence-electron chi connectivity index (χ4n) is 2.45. The highest BCUT2D eigenvalue weighted by atomic mass is 32.2. The average Bonchev–Trinajstić information content (AvgIpc) is 2.53. The summed E-state index contributed by atoms with van der Waals surface area (Å²) in [4.78, 5) is 16.3. The molecule has 7 heteroatoms. The number of hydrogen-bond acceptors (Lipinski definition) is 4. The van der Waals surface area contributed by atoms with Crippen LogP contribution in [0.25, 0.3) is 0 Å². The van der Waals surface area contributed by atoms with Crippen LogP contribution in [0.5, 0.6) is 0 Å². The zero-order valence-electron chi connectivity index (χ0n) is 13.1. The Morgan fingerprint density at radius 2 is 1.91 bits per heavy atom. The third kappa shape index (κ3) is 4.28. The Kier molecular flexibility index (Phi) is 5.55. The molecule has 1 heterocycles. The van der Waals surface area contributed by atoms with Crippen LogP contribution in [0, 0.1) is 6.92 Å². The molecule has 1 aliphatic heterocycles. The number of carbonyl (C=O) groups excluding carboxylic acids is 1. The number of carbonyl (C=O) groups is 1. The minimum atomic E-state index is -3.64. The summed E-state index contributed by atoms with van der Waals surface area (Å²) in [6.07, 6.45) is 0. The number of benzene rings is 1. The molecule has 6 nitrogen and oxygen atoms in total. The number of rotatable bonds is 5. The van der Waals surface area contributed by atoms with Crippen molar-refractivity contribution in [2.45, 2.75) is 18.7 Å². The monoisotopic (exact) mass is 325 g/mol. The first-order valence-electron chi connectivity index (χ1n) is 7.49. The Balaban J connectivity index is 1.91. The Hall–Kier alpha value is -1.44. The van der Waals surface area contributed by atoms with Crippen LogP contribution in [-0.2, 0) is 14.8 Å². The molecule has 0 unspecified atom stereocenters. The van der Waals surface area contributed by atoms with Crippen LogP contribution in [0.4, 0.5) is 0 Å². The molecule has 2 rings (SSSR count). The highest BCUT2D eigenvalue weighted by Crippen LogP contribution is 2.10. The number of aryl methyl sites for hydroxylation is 1. The van der Waals surface area contributed by atoms with E-state index >= 15 is 0 Å². The molecule has 122 valence electrons. The Labute approximate surface area is 132 Å². The van der Waals surface area contributed by atoms with Crippen molar-refractivity contribution in [3.05, 3.63) is 29.8 Å². The van der Waals surface area contributed by atoms with Crippen molar-refractivity contribution in [2.75, 3.05) is 39.3 Å². The third-order valence-corrected chi connectivity index (χ3v) is 5.28. The van der Waals surface area contributed by atoms with Gasteiger partial charge in [0, 0.05) is 26.2 Å². The Bertz CT molecular complexity index is 623. The smallest absolute Gasteiger partial charge is 0.241 e. The van der Waals surface area contributed by atoms with E-state index in [1.54, 1.807) is 17.0 Å². The van der Waals surface area contributed by atoms with E-state index in [4.69, 9.17) is 0 Å². The lowest BCUT2D eigenvalue weighted by molar-refractivity contribution is -0.131. The molecule has 1 N–H and O–H groups in total. The second-order valence-corrected chi connectivity index (χ2v) is 7.22. The number of likely N-dealkylation sites (N-methyl/N-ethyl adjacent to an activating group) is 1. The van der Waals surface area contributed by atoms with Gasteiger partial charge in [-0.15, -0.1) is 0 Å². The summed E-state index contributed by atoms with van der Waals surface area (Å²) >= 11 is 0. The molecule has 0 saturated carbocycles. The van der Waals surface area contributed by atoms with Gasteiger partial charge in [-0.25, -0.2) is 13.1 Å². The number of hydrogen-bond donors (Lipinski definition) is 1. The van der Waals surface area contributed by atoms with Gasteiger partial charge in [-0.3, -0.25) is 4.79 Å². The largest absolute Gasteiger partial charge is 0.339 e. The van der Waals surface area contributed by atoms with E-state index in [1.165, 1.54) is 6.07 Å². The average molecular weight is 325 g/mol. The molecule has 0 bridgehead atoms. The van der Waals surface area contributed by atoms with Gasteiger partial charge in [0.2, 0.25) is 15.9 Å². The van der Waals surface area contributed by atoms with E-state index in [2.05, 4.69) is 16.5 Å². The maximum absolute atomic E-state index is 12.2. The topological polar surface area (TPSA) is 69.7 Å². The molecular formula is C15H23N3O3S. The standard InChI is InChI=1S/C15H23N3O3S/c1-3-17-7-9-18(10-8-17)15(19)12-16-22(20,21)14-6-4-5-13(2)11-14/h4-6,11,16H,3,7-10,12H2,1-2H3. The van der Waals surface area contributed by atoms with E-state index in [9.17, 15) is 13.2 Å². The van der Waals surface area contributed by atoms with Crippen LogP contribution in [0.15, 0.2) is 29.2 Å². The molecule has 0 spiro atoms. The molecule has 22 heavy (non-hydrogen) atoms. The molecular weight excluding hydrogens is 302 g/mol. The molecule has 0 atom stereocenters. The van der Waals surface area contributed by atoms with E-state index in [1.807, 2.05) is 13.0 Å². The van der Waals surface area contributed by atoms with Crippen molar-refractivity contribution in [3.63, 3.8) is 0 Å². The van der Waals surface area contributed by atoms with E-state index in [0.29, 0.717) is 13.1 Å². The summed E-state index contributed by atoms with van der Waals surface area (Å²) in [7, 11) is -3.64. The van der Waals surface area contributed by atoms with E-state index < -0.39 is 10.0 Å². The number of piperazine rings is 1. The summed E-state index contributed by atoms with van der Waals surface area (Å²) in [5.41, 5.74) is 0.866. The quantitative estimate of drug-likeness (QED) is 0.853. The zero-order valence-corrected chi connectivity index (χ0v) is 13.9. The van der Waals surface area contributed by atoms with Crippen LogP contribution < -0.4 is 4.72 Å². The summed E-state index contributed by atoms with van der Waals surface area (Å²) in [5, 5.41) is 0. The maximum atomic E-state index is 12.2. The van der Waals surface area contributed by atoms with Crippen molar-refractivity contribution in [1.29, 1.82) is 0 Å². The Morgan fingerprint density at radius 3 is 2.50 bits per heavy atom. The molecule has 0 aromatic heterocycles. The number of amides is 1. The van der Waals surface area contributed by atoms with Gasteiger partial charge in [0.25, 0.3) is 0 Å². The third-order valence-electron chi connectivity index (χ3n) is 3.89. The molecule has 0 aliphatic carbocycles. The van der Waals surface area contributed by atoms with Gasteiger partial charge >= 0.3 is 0 Å². The van der Waals surface area contributed by atoms with Gasteiger partial charge in [-0.1, -0.05) is 19.1 Å². The fourth-order valence-corrected chi connectivity index (χ4v) is 3.53. The minimum absolute atomic E-state index is 0.174. The van der Waals surface area contributed by atoms with Crippen LogP contribution >= 0.6 is 0 Å². The predicted molar refractivity (Wildman–Crippen MR) is 85.1 cm³/mol. The molecule has 1 fully saturated rings. The first-order chi connectivity index (χ1) is 10.4. The van der Waals surface area contributed by atoms with Gasteiger partial charge in [-0.2, -0.15) is 0 Å². The van der Waals surface area contributed by atoms with Crippen LogP contribution in [0.3, 0.4) is 0 Å². The summed E-state index contributed by atoms with van der Waals surface area (Å²) in [6.45, 7) is 7.69. The lowest BCUT2D eigenvalue weighted by atomic mass is 10.2. The second-order valence-electron chi connectivity index (χ2n) is 5.46. The van der Waals surface area contributed by atoms with E-state index in [0.717, 1.165) is 25.2 Å². The van der Waals surface area contributed by atoms with Crippen LogP contribution in [0.1, 0.15) is 12.5 Å². The van der Waals surface area contributed by atoms with Crippen LogP contribution in [0.2, 0.25) is 0 Å². The fraction of sp³-hybridized carbons (Fsp3) is 0.533. The van der Waals surface area contributed by atoms with E-state index in [-0.39, 0.29) is 17.3 Å². The first kappa shape index (κ1) is 16.9. The van der Waals surface area contributed by atoms with Gasteiger partial charge in [0.15, 0.2) is 0 Å².